The molecule has 5 nitrogen and oxygen atoms in total. The van der Waals surface area contributed by atoms with Gasteiger partial charge in [0.15, 0.2) is 0 Å². The molecule has 1 N–H and O–H groups in total. The number of hydrogen-bond donors (Lipinski definition) is 1. The summed E-state index contributed by atoms with van der Waals surface area (Å²) in [6.45, 7) is 8.38. The van der Waals surface area contributed by atoms with Crippen LogP contribution in [0.25, 0.3) is 0 Å². The average Bonchev–Trinajstić information content (AvgIpc) is 2.77. The van der Waals surface area contributed by atoms with Crippen LogP contribution in [0.4, 0.5) is 0 Å². The fourth-order valence-corrected chi connectivity index (χ4v) is 4.78. The van der Waals surface area contributed by atoms with E-state index in [0.717, 1.165) is 38.5 Å². The summed E-state index contributed by atoms with van der Waals surface area (Å²) >= 11 is 0. The van der Waals surface area contributed by atoms with Gasteiger partial charge in [-0.15, -0.1) is 0 Å². The highest BCUT2D eigenvalue weighted by atomic mass is 31.2. The molecule has 32 heavy (non-hydrogen) atoms. The van der Waals surface area contributed by atoms with Crippen LogP contribution in [0, 0.1) is 0 Å². The van der Waals surface area contributed by atoms with E-state index in [0.29, 0.717) is 19.7 Å². The average molecular weight is 478 g/mol. The normalized spacial score (nSPS) is 13.7. The molecule has 0 bridgehead atoms. The van der Waals surface area contributed by atoms with Crippen molar-refractivity contribution in [2.45, 2.75) is 149 Å². The van der Waals surface area contributed by atoms with Gasteiger partial charge in [-0.3, -0.25) is 4.52 Å². The summed E-state index contributed by atoms with van der Waals surface area (Å²) in [5.41, 5.74) is 0. The Morgan fingerprint density at radius 2 is 0.906 bits per heavy atom. The molecule has 1 atom stereocenters. The summed E-state index contributed by atoms with van der Waals surface area (Å²) in [4.78, 5) is 10.2. The Bertz CT molecular complexity index is 407. The van der Waals surface area contributed by atoms with E-state index in [1.807, 2.05) is 0 Å². The molecule has 0 aliphatic rings. The number of hydroxylamine groups is 2. The fraction of sp³-hybridized carbons (Fsp3) is 1.00. The Morgan fingerprint density at radius 1 is 0.562 bits per heavy atom. The third-order valence-corrected chi connectivity index (χ3v) is 6.94. The lowest BCUT2D eigenvalue weighted by atomic mass is 10.1. The van der Waals surface area contributed by atoms with E-state index in [1.165, 1.54) is 89.9 Å². The smallest absolute Gasteiger partial charge is 0.301 e. The number of phosphoric acid groups is 1. The van der Waals surface area contributed by atoms with E-state index in [4.69, 9.17) is 9.15 Å². The first-order chi connectivity index (χ1) is 15.6. The maximum Gasteiger partial charge on any atom is 0.489 e. The molecule has 0 fully saturated rings. The van der Waals surface area contributed by atoms with Crippen molar-refractivity contribution in [3.8, 4) is 0 Å². The van der Waals surface area contributed by atoms with E-state index >= 15 is 0 Å². The van der Waals surface area contributed by atoms with E-state index < -0.39 is 7.82 Å². The molecule has 0 aliphatic heterocycles. The van der Waals surface area contributed by atoms with Crippen molar-refractivity contribution >= 4 is 7.82 Å². The predicted molar refractivity (Wildman–Crippen MR) is 138 cm³/mol. The molecule has 0 saturated carbocycles. The molecule has 0 heterocycles. The highest BCUT2D eigenvalue weighted by molar-refractivity contribution is 7.47. The first-order valence-corrected chi connectivity index (χ1v) is 15.5. The minimum Gasteiger partial charge on any atom is -0.301 e. The quantitative estimate of drug-likeness (QED) is 0.0764. The molecule has 0 saturated heterocycles. The Balaban J connectivity index is 4.14. The van der Waals surface area contributed by atoms with Gasteiger partial charge in [0.2, 0.25) is 0 Å². The lowest BCUT2D eigenvalue weighted by Crippen LogP contribution is -2.26. The van der Waals surface area contributed by atoms with Gasteiger partial charge < -0.3 is 4.89 Å². The van der Waals surface area contributed by atoms with Crippen LogP contribution in [0.15, 0.2) is 0 Å². The number of rotatable bonds is 26. The second kappa shape index (κ2) is 24.2. The molecule has 0 spiro atoms. The van der Waals surface area contributed by atoms with Gasteiger partial charge in [0, 0.05) is 13.1 Å². The largest absolute Gasteiger partial charge is 0.489 e. The highest BCUT2D eigenvalue weighted by Gasteiger charge is 2.25. The van der Waals surface area contributed by atoms with Crippen molar-refractivity contribution in [1.82, 2.24) is 5.06 Å². The number of nitrogens with zero attached hydrogens (tertiary/aromatic N) is 1. The van der Waals surface area contributed by atoms with Crippen molar-refractivity contribution in [2.24, 2.45) is 0 Å². The Hall–Kier alpha value is 0.0700. The standard InChI is InChI=1S/C26H56NO4P/c1-4-7-10-13-16-17-20-23-26-30-32(28,29)31-27(24-21-18-14-11-8-5-2)25-22-19-15-12-9-6-3/h4-26H2,1-3H3,(H,28,29). The summed E-state index contributed by atoms with van der Waals surface area (Å²) in [5.74, 6) is 0. The second-order valence-electron chi connectivity index (χ2n) is 9.32. The van der Waals surface area contributed by atoms with Crippen LogP contribution in [0.3, 0.4) is 0 Å². The Morgan fingerprint density at radius 3 is 1.31 bits per heavy atom. The van der Waals surface area contributed by atoms with Crippen LogP contribution in [0.5, 0.6) is 0 Å². The highest BCUT2D eigenvalue weighted by Crippen LogP contribution is 2.44. The molecule has 0 radical (unpaired) electrons. The predicted octanol–water partition coefficient (Wildman–Crippen LogP) is 9.20. The number of phosphoric ester groups is 1. The van der Waals surface area contributed by atoms with Gasteiger partial charge >= 0.3 is 7.82 Å². The van der Waals surface area contributed by atoms with Crippen molar-refractivity contribution in [3.05, 3.63) is 0 Å². The maximum atomic E-state index is 12.4. The summed E-state index contributed by atoms with van der Waals surface area (Å²) < 4.78 is 23.2. The van der Waals surface area contributed by atoms with E-state index in [1.54, 1.807) is 5.06 Å². The third kappa shape index (κ3) is 23.2. The zero-order valence-corrected chi connectivity index (χ0v) is 22.7. The fourth-order valence-electron chi connectivity index (χ4n) is 3.92. The summed E-state index contributed by atoms with van der Waals surface area (Å²) in [5, 5.41) is 1.70. The summed E-state index contributed by atoms with van der Waals surface area (Å²) in [7, 11) is -4.03. The monoisotopic (exact) mass is 477 g/mol. The van der Waals surface area contributed by atoms with Crippen LogP contribution >= 0.6 is 7.82 Å². The zero-order chi connectivity index (χ0) is 23.8. The SMILES string of the molecule is CCCCCCCCCCOP(=O)(O)ON(CCCCCCCC)CCCCCCCC. The van der Waals surface area contributed by atoms with Crippen molar-refractivity contribution in [1.29, 1.82) is 0 Å². The van der Waals surface area contributed by atoms with Crippen LogP contribution < -0.4 is 0 Å². The van der Waals surface area contributed by atoms with Gasteiger partial charge in [-0.05, 0) is 19.3 Å². The topological polar surface area (TPSA) is 59.0 Å². The lowest BCUT2D eigenvalue weighted by Gasteiger charge is -2.24. The zero-order valence-electron chi connectivity index (χ0n) is 21.8. The van der Waals surface area contributed by atoms with Crippen molar-refractivity contribution < 1.29 is 18.6 Å². The van der Waals surface area contributed by atoms with Gasteiger partial charge in [0.25, 0.3) is 0 Å². The first-order valence-electron chi connectivity index (χ1n) is 14.0. The van der Waals surface area contributed by atoms with Gasteiger partial charge in [0.1, 0.15) is 0 Å². The molecule has 0 amide bonds. The minimum atomic E-state index is -4.03. The van der Waals surface area contributed by atoms with E-state index in [-0.39, 0.29) is 0 Å². The molecule has 194 valence electrons. The van der Waals surface area contributed by atoms with Crippen LogP contribution in [-0.4, -0.2) is 29.7 Å². The Labute approximate surface area is 200 Å². The molecule has 6 heteroatoms. The molecule has 1 unspecified atom stereocenters. The molecule has 0 aromatic rings. The molecule has 0 rings (SSSR count). The molecule has 0 aliphatic carbocycles. The second-order valence-corrected chi connectivity index (χ2v) is 10.7. The summed E-state index contributed by atoms with van der Waals surface area (Å²) in [6, 6.07) is 0. The van der Waals surface area contributed by atoms with Gasteiger partial charge in [0.05, 0.1) is 6.61 Å². The lowest BCUT2D eigenvalue weighted by molar-refractivity contribution is -0.0885. The molecular weight excluding hydrogens is 421 g/mol. The molecular formula is C26H56NO4P. The maximum absolute atomic E-state index is 12.4. The Kier molecular flexibility index (Phi) is 24.3. The minimum absolute atomic E-state index is 0.296. The van der Waals surface area contributed by atoms with Crippen LogP contribution in [-0.2, 0) is 13.7 Å². The number of hydrogen-bond acceptors (Lipinski definition) is 4. The number of unbranched alkanes of at least 4 members (excludes halogenated alkanes) is 17. The summed E-state index contributed by atoms with van der Waals surface area (Å²) in [6.07, 6.45) is 23.8. The molecule has 0 aromatic heterocycles. The van der Waals surface area contributed by atoms with Crippen molar-refractivity contribution in [3.63, 3.8) is 0 Å². The van der Waals surface area contributed by atoms with Crippen LogP contribution in [0.1, 0.15) is 149 Å². The van der Waals surface area contributed by atoms with Crippen LogP contribution in [0.2, 0.25) is 0 Å². The van der Waals surface area contributed by atoms with E-state index in [2.05, 4.69) is 20.8 Å². The van der Waals surface area contributed by atoms with Gasteiger partial charge in [-0.25, -0.2) is 4.57 Å². The van der Waals surface area contributed by atoms with E-state index in [9.17, 15) is 9.46 Å². The third-order valence-electron chi connectivity index (χ3n) is 5.99. The van der Waals surface area contributed by atoms with Gasteiger partial charge in [-0.2, -0.15) is 9.69 Å². The van der Waals surface area contributed by atoms with Gasteiger partial charge in [-0.1, -0.05) is 130 Å². The van der Waals surface area contributed by atoms with Crippen molar-refractivity contribution in [2.75, 3.05) is 19.7 Å². The first kappa shape index (κ1) is 32.1. The molecule has 0 aromatic carbocycles.